The maximum Gasteiger partial charge on any atom is 0.220 e. The number of rotatable bonds is 5. The maximum absolute atomic E-state index is 11.6. The van der Waals surface area contributed by atoms with Gasteiger partial charge in [0.15, 0.2) is 5.78 Å². The van der Waals surface area contributed by atoms with Crippen molar-refractivity contribution < 1.29 is 14.3 Å². The average molecular weight is 255 g/mol. The molecule has 1 atom stereocenters. The molecule has 92 valence electrons. The summed E-state index contributed by atoms with van der Waals surface area (Å²) in [5, 5.41) is -0.978. The van der Waals surface area contributed by atoms with Gasteiger partial charge in [0.2, 0.25) is 5.78 Å². The second kappa shape index (κ2) is 5.82. The Balaban J connectivity index is 3.18. The molecule has 17 heavy (non-hydrogen) atoms. The molecule has 3 nitrogen and oxygen atoms in total. The van der Waals surface area contributed by atoms with Crippen LogP contribution < -0.4 is 4.74 Å². The standard InChI is InChI=1S/C13H15ClO3/c1-4-9-5-6-11(17-3)10(7-9)12(14)13(16)8(2)15/h5-7,12H,4H2,1-3H3. The lowest BCUT2D eigenvalue weighted by atomic mass is 10.0. The molecule has 0 radical (unpaired) electrons. The van der Waals surface area contributed by atoms with Crippen molar-refractivity contribution in [3.63, 3.8) is 0 Å². The van der Waals surface area contributed by atoms with Gasteiger partial charge >= 0.3 is 0 Å². The Morgan fingerprint density at radius 2 is 2.06 bits per heavy atom. The van der Waals surface area contributed by atoms with E-state index in [-0.39, 0.29) is 0 Å². The Hall–Kier alpha value is -1.35. The van der Waals surface area contributed by atoms with Gasteiger partial charge in [-0.1, -0.05) is 19.1 Å². The summed E-state index contributed by atoms with van der Waals surface area (Å²) in [6.07, 6.45) is 0.828. The fraction of sp³-hybridized carbons (Fsp3) is 0.385. The van der Waals surface area contributed by atoms with Gasteiger partial charge in [-0.3, -0.25) is 9.59 Å². The highest BCUT2D eigenvalue weighted by molar-refractivity contribution is 6.49. The smallest absolute Gasteiger partial charge is 0.220 e. The van der Waals surface area contributed by atoms with Crippen LogP contribution >= 0.6 is 11.6 Å². The normalized spacial score (nSPS) is 12.0. The van der Waals surface area contributed by atoms with Crippen LogP contribution in [0.3, 0.4) is 0 Å². The zero-order valence-electron chi connectivity index (χ0n) is 10.1. The van der Waals surface area contributed by atoms with E-state index in [9.17, 15) is 9.59 Å². The number of carbonyl (C=O) groups excluding carboxylic acids is 2. The van der Waals surface area contributed by atoms with Gasteiger partial charge in [0.1, 0.15) is 11.1 Å². The number of aryl methyl sites for hydroxylation is 1. The molecule has 1 aromatic carbocycles. The quantitative estimate of drug-likeness (QED) is 0.599. The Labute approximate surface area is 106 Å². The van der Waals surface area contributed by atoms with Crippen LogP contribution in [0.5, 0.6) is 5.75 Å². The number of ketones is 2. The molecule has 0 amide bonds. The molecule has 0 aliphatic rings. The summed E-state index contributed by atoms with van der Waals surface area (Å²) in [7, 11) is 1.51. The van der Waals surface area contributed by atoms with Gasteiger partial charge in [-0.15, -0.1) is 11.6 Å². The van der Waals surface area contributed by atoms with E-state index < -0.39 is 16.9 Å². The highest BCUT2D eigenvalue weighted by Gasteiger charge is 2.24. The second-order valence-electron chi connectivity index (χ2n) is 3.71. The lowest BCUT2D eigenvalue weighted by Gasteiger charge is -2.13. The molecule has 0 aromatic heterocycles. The van der Waals surface area contributed by atoms with Crippen LogP contribution in [0.4, 0.5) is 0 Å². The van der Waals surface area contributed by atoms with E-state index in [0.717, 1.165) is 12.0 Å². The first-order valence-corrected chi connectivity index (χ1v) is 5.80. The number of hydrogen-bond donors (Lipinski definition) is 0. The van der Waals surface area contributed by atoms with Gasteiger partial charge in [0.25, 0.3) is 0 Å². The number of Topliss-reactive ketones (excluding diaryl/α,β-unsaturated/α-hetero) is 2. The van der Waals surface area contributed by atoms with Gasteiger partial charge in [-0.2, -0.15) is 0 Å². The number of alkyl halides is 1. The van der Waals surface area contributed by atoms with Crippen LogP contribution in [-0.2, 0) is 16.0 Å². The number of halogens is 1. The topological polar surface area (TPSA) is 43.4 Å². The van der Waals surface area contributed by atoms with Crippen LogP contribution in [0, 0.1) is 0 Å². The molecule has 0 bridgehead atoms. The molecule has 4 heteroatoms. The fourth-order valence-corrected chi connectivity index (χ4v) is 1.85. The summed E-state index contributed by atoms with van der Waals surface area (Å²) in [6, 6.07) is 5.47. The number of methoxy groups -OCH3 is 1. The zero-order chi connectivity index (χ0) is 13.0. The van der Waals surface area contributed by atoms with Crippen molar-refractivity contribution in [1.82, 2.24) is 0 Å². The lowest BCUT2D eigenvalue weighted by Crippen LogP contribution is -2.16. The number of ether oxygens (including phenoxy) is 1. The third kappa shape index (κ3) is 3.07. The molecule has 0 saturated heterocycles. The highest BCUT2D eigenvalue weighted by Crippen LogP contribution is 2.31. The molecule has 0 aliphatic heterocycles. The van der Waals surface area contributed by atoms with E-state index in [1.54, 1.807) is 12.1 Å². The minimum Gasteiger partial charge on any atom is -0.496 e. The van der Waals surface area contributed by atoms with E-state index in [0.29, 0.717) is 11.3 Å². The van der Waals surface area contributed by atoms with Crippen LogP contribution in [-0.4, -0.2) is 18.7 Å². The third-order valence-corrected chi connectivity index (χ3v) is 2.99. The van der Waals surface area contributed by atoms with Gasteiger partial charge in [0, 0.05) is 12.5 Å². The van der Waals surface area contributed by atoms with Crippen molar-refractivity contribution in [2.45, 2.75) is 25.6 Å². The number of carbonyl (C=O) groups is 2. The largest absolute Gasteiger partial charge is 0.496 e. The van der Waals surface area contributed by atoms with Crippen molar-refractivity contribution in [3.05, 3.63) is 29.3 Å². The van der Waals surface area contributed by atoms with Crippen molar-refractivity contribution in [3.8, 4) is 5.75 Å². The first-order chi connectivity index (χ1) is 8.01. The Morgan fingerprint density at radius 1 is 1.41 bits per heavy atom. The SMILES string of the molecule is CCc1ccc(OC)c(C(Cl)C(=O)C(C)=O)c1. The molecule has 0 heterocycles. The molecule has 0 saturated carbocycles. The Bertz CT molecular complexity index is 440. The first-order valence-electron chi connectivity index (χ1n) is 5.36. The van der Waals surface area contributed by atoms with Crippen LogP contribution in [0.2, 0.25) is 0 Å². The lowest BCUT2D eigenvalue weighted by molar-refractivity contribution is -0.135. The molecule has 1 aromatic rings. The molecular formula is C13H15ClO3. The van der Waals surface area contributed by atoms with Gasteiger partial charge < -0.3 is 4.74 Å². The Kier molecular flexibility index (Phi) is 4.70. The van der Waals surface area contributed by atoms with E-state index in [1.807, 2.05) is 13.0 Å². The van der Waals surface area contributed by atoms with Crippen molar-refractivity contribution in [1.29, 1.82) is 0 Å². The second-order valence-corrected chi connectivity index (χ2v) is 4.15. The molecule has 1 rings (SSSR count). The van der Waals surface area contributed by atoms with Crippen molar-refractivity contribution >= 4 is 23.2 Å². The van der Waals surface area contributed by atoms with Crippen molar-refractivity contribution in [2.24, 2.45) is 0 Å². The summed E-state index contributed by atoms with van der Waals surface area (Å²) in [5.41, 5.74) is 1.59. The van der Waals surface area contributed by atoms with Crippen LogP contribution in [0.25, 0.3) is 0 Å². The minimum atomic E-state index is -0.978. The fourth-order valence-electron chi connectivity index (χ4n) is 1.52. The Morgan fingerprint density at radius 3 is 2.53 bits per heavy atom. The molecule has 0 fully saturated rings. The van der Waals surface area contributed by atoms with Crippen LogP contribution in [0.1, 0.15) is 30.4 Å². The van der Waals surface area contributed by atoms with E-state index in [1.165, 1.54) is 14.0 Å². The summed E-state index contributed by atoms with van der Waals surface area (Å²) in [4.78, 5) is 22.6. The summed E-state index contributed by atoms with van der Waals surface area (Å²) in [6.45, 7) is 3.22. The molecule has 0 spiro atoms. The van der Waals surface area contributed by atoms with Crippen LogP contribution in [0.15, 0.2) is 18.2 Å². The molecule has 0 aliphatic carbocycles. The number of hydrogen-bond acceptors (Lipinski definition) is 3. The first kappa shape index (κ1) is 13.7. The minimum absolute atomic E-state index is 0.525. The molecular weight excluding hydrogens is 240 g/mol. The predicted octanol–water partition coefficient (Wildman–Crippen LogP) is 2.70. The summed E-state index contributed by atoms with van der Waals surface area (Å²) in [5.74, 6) is -0.635. The zero-order valence-corrected chi connectivity index (χ0v) is 10.9. The van der Waals surface area contributed by atoms with Gasteiger partial charge in [0.05, 0.1) is 7.11 Å². The molecule has 0 N–H and O–H groups in total. The predicted molar refractivity (Wildman–Crippen MR) is 66.7 cm³/mol. The third-order valence-electron chi connectivity index (χ3n) is 2.55. The maximum atomic E-state index is 11.6. The average Bonchev–Trinajstić information content (AvgIpc) is 2.35. The van der Waals surface area contributed by atoms with E-state index in [4.69, 9.17) is 16.3 Å². The van der Waals surface area contributed by atoms with E-state index >= 15 is 0 Å². The van der Waals surface area contributed by atoms with Crippen molar-refractivity contribution in [2.75, 3.05) is 7.11 Å². The summed E-state index contributed by atoms with van der Waals surface area (Å²) < 4.78 is 5.15. The highest BCUT2D eigenvalue weighted by atomic mass is 35.5. The molecule has 1 unspecified atom stereocenters. The van der Waals surface area contributed by atoms with Gasteiger partial charge in [-0.25, -0.2) is 0 Å². The monoisotopic (exact) mass is 254 g/mol. The summed E-state index contributed by atoms with van der Waals surface area (Å²) >= 11 is 6.01. The number of benzene rings is 1. The van der Waals surface area contributed by atoms with Gasteiger partial charge in [-0.05, 0) is 18.1 Å². The van der Waals surface area contributed by atoms with E-state index in [2.05, 4.69) is 0 Å².